The Morgan fingerprint density at radius 1 is 1.32 bits per heavy atom. The van der Waals surface area contributed by atoms with E-state index >= 15 is 0 Å². The summed E-state index contributed by atoms with van der Waals surface area (Å²) in [5.41, 5.74) is 1.55. The Labute approximate surface area is 153 Å². The quantitative estimate of drug-likeness (QED) is 0.801. The summed E-state index contributed by atoms with van der Waals surface area (Å²) in [7, 11) is 0. The van der Waals surface area contributed by atoms with E-state index in [-0.39, 0.29) is 24.4 Å². The number of carbonyl (C=O) groups is 1. The highest BCUT2D eigenvalue weighted by atomic mass is 32.1. The molecule has 132 valence electrons. The van der Waals surface area contributed by atoms with E-state index in [0.29, 0.717) is 0 Å². The van der Waals surface area contributed by atoms with Gasteiger partial charge in [0, 0.05) is 5.56 Å². The summed E-state index contributed by atoms with van der Waals surface area (Å²) in [6.07, 6.45) is 0. The Morgan fingerprint density at radius 3 is 2.52 bits per heavy atom. The maximum atomic E-state index is 12.4. The molecule has 0 fully saturated rings. The number of nitrogens with two attached hydrogens (primary N) is 1. The molecular formula is C20H26N3OS+. The van der Waals surface area contributed by atoms with Gasteiger partial charge in [-0.1, -0.05) is 49.7 Å². The number of aryl methyl sites for hydroxylation is 1. The number of rotatable bonds is 7. The predicted molar refractivity (Wildman–Crippen MR) is 101 cm³/mol. The van der Waals surface area contributed by atoms with Gasteiger partial charge in [0.25, 0.3) is 5.91 Å². The van der Waals surface area contributed by atoms with Crippen molar-refractivity contribution in [3.8, 4) is 6.07 Å². The molecule has 2 rings (SSSR count). The van der Waals surface area contributed by atoms with Crippen molar-refractivity contribution < 1.29 is 10.1 Å². The molecule has 0 bridgehead atoms. The van der Waals surface area contributed by atoms with Gasteiger partial charge in [-0.15, -0.1) is 11.3 Å². The van der Waals surface area contributed by atoms with Crippen molar-refractivity contribution in [1.82, 2.24) is 5.32 Å². The van der Waals surface area contributed by atoms with Crippen molar-refractivity contribution in [2.75, 3.05) is 6.54 Å². The summed E-state index contributed by atoms with van der Waals surface area (Å²) in [5.74, 6) is -0.0712. The summed E-state index contributed by atoms with van der Waals surface area (Å²) in [6.45, 7) is 7.99. The molecule has 0 aliphatic heterocycles. The third-order valence-corrected chi connectivity index (χ3v) is 5.57. The van der Waals surface area contributed by atoms with Gasteiger partial charge in [0.05, 0.1) is 10.9 Å². The van der Waals surface area contributed by atoms with Crippen LogP contribution in [0.1, 0.15) is 42.8 Å². The first kappa shape index (κ1) is 19.2. The highest BCUT2D eigenvalue weighted by Gasteiger charge is 2.31. The Kier molecular flexibility index (Phi) is 6.35. The van der Waals surface area contributed by atoms with Crippen molar-refractivity contribution in [2.24, 2.45) is 5.92 Å². The molecule has 0 radical (unpaired) electrons. The number of thiophene rings is 1. The molecule has 2 aromatic rings. The maximum absolute atomic E-state index is 12.4. The first-order valence-electron chi connectivity index (χ1n) is 8.51. The van der Waals surface area contributed by atoms with Crippen molar-refractivity contribution >= 4 is 17.2 Å². The molecule has 25 heavy (non-hydrogen) atoms. The topological polar surface area (TPSA) is 69.5 Å². The predicted octanol–water partition coefficient (Wildman–Crippen LogP) is 2.76. The number of carbonyl (C=O) groups excluding carboxylic acids is 1. The second-order valence-corrected chi connectivity index (χ2v) is 7.84. The monoisotopic (exact) mass is 356 g/mol. The summed E-state index contributed by atoms with van der Waals surface area (Å²) in [6, 6.07) is 14.8. The smallest absolute Gasteiger partial charge is 0.276 e. The van der Waals surface area contributed by atoms with Crippen molar-refractivity contribution in [1.29, 1.82) is 5.26 Å². The Hall–Kier alpha value is -2.16. The average Bonchev–Trinajstić information content (AvgIpc) is 3.10. The molecule has 0 unspecified atom stereocenters. The van der Waals surface area contributed by atoms with Gasteiger partial charge < -0.3 is 10.6 Å². The van der Waals surface area contributed by atoms with E-state index in [1.807, 2.05) is 25.2 Å². The number of nitrogens with one attached hydrogen (secondary N) is 1. The van der Waals surface area contributed by atoms with Gasteiger partial charge in [-0.25, -0.2) is 0 Å². The third-order valence-electron chi connectivity index (χ3n) is 4.61. The second-order valence-electron chi connectivity index (χ2n) is 6.86. The molecule has 0 saturated carbocycles. The Balaban J connectivity index is 2.10. The molecule has 1 amide bonds. The lowest BCUT2D eigenvalue weighted by Crippen LogP contribution is -2.88. The van der Waals surface area contributed by atoms with Crippen LogP contribution in [-0.2, 0) is 4.79 Å². The van der Waals surface area contributed by atoms with E-state index in [2.05, 4.69) is 54.0 Å². The van der Waals surface area contributed by atoms with E-state index in [4.69, 9.17) is 0 Å². The van der Waals surface area contributed by atoms with Gasteiger partial charge in [0.1, 0.15) is 11.6 Å². The summed E-state index contributed by atoms with van der Waals surface area (Å²) >= 11 is 1.69. The Bertz CT molecular complexity index is 731. The van der Waals surface area contributed by atoms with E-state index in [9.17, 15) is 10.1 Å². The van der Waals surface area contributed by atoms with Gasteiger partial charge in [-0.2, -0.15) is 5.26 Å². The van der Waals surface area contributed by atoms with Crippen LogP contribution in [0.5, 0.6) is 0 Å². The molecule has 5 heteroatoms. The molecular weight excluding hydrogens is 330 g/mol. The van der Waals surface area contributed by atoms with Crippen LogP contribution in [0.4, 0.5) is 0 Å². The fraction of sp³-hybridized carbons (Fsp3) is 0.400. The number of hydrogen-bond donors (Lipinski definition) is 2. The van der Waals surface area contributed by atoms with E-state index in [1.165, 1.54) is 16.0 Å². The summed E-state index contributed by atoms with van der Waals surface area (Å²) < 4.78 is 0. The van der Waals surface area contributed by atoms with Crippen LogP contribution in [0.2, 0.25) is 0 Å². The van der Waals surface area contributed by atoms with Crippen LogP contribution in [-0.4, -0.2) is 18.0 Å². The molecule has 0 spiro atoms. The fourth-order valence-electron chi connectivity index (χ4n) is 2.53. The molecule has 2 atom stereocenters. The van der Waals surface area contributed by atoms with Gasteiger partial charge in [-0.05, 0) is 31.2 Å². The number of amides is 1. The van der Waals surface area contributed by atoms with Crippen molar-refractivity contribution in [3.05, 3.63) is 57.8 Å². The lowest BCUT2D eigenvalue weighted by Gasteiger charge is -2.27. The zero-order valence-corrected chi connectivity index (χ0v) is 16.1. The zero-order chi connectivity index (χ0) is 18.4. The lowest BCUT2D eigenvalue weighted by atomic mass is 9.90. The molecule has 3 N–H and O–H groups in total. The van der Waals surface area contributed by atoms with E-state index in [0.717, 1.165) is 0 Å². The zero-order valence-electron chi connectivity index (χ0n) is 15.2. The minimum Gasteiger partial charge on any atom is -0.333 e. The third kappa shape index (κ3) is 4.91. The molecule has 1 heterocycles. The molecule has 0 aliphatic rings. The summed E-state index contributed by atoms with van der Waals surface area (Å²) in [4.78, 5) is 13.6. The summed E-state index contributed by atoms with van der Waals surface area (Å²) in [5, 5.41) is 16.3. The van der Waals surface area contributed by atoms with Crippen LogP contribution < -0.4 is 10.6 Å². The van der Waals surface area contributed by atoms with Crippen LogP contribution >= 0.6 is 11.3 Å². The number of nitrogens with zero attached hydrogens (tertiary/aromatic N) is 1. The Morgan fingerprint density at radius 2 is 2.00 bits per heavy atom. The molecule has 0 saturated heterocycles. The van der Waals surface area contributed by atoms with Gasteiger partial charge in [0.15, 0.2) is 6.54 Å². The molecule has 1 aromatic heterocycles. The SMILES string of the molecule is Cc1ccc([C@H]([NH2+]CC(=O)N[C@@](C)(C#N)C(C)C)c2cccs2)cc1. The maximum Gasteiger partial charge on any atom is 0.276 e. The van der Waals surface area contributed by atoms with Gasteiger partial charge >= 0.3 is 0 Å². The molecule has 0 aliphatic carbocycles. The van der Waals surface area contributed by atoms with E-state index < -0.39 is 5.54 Å². The van der Waals surface area contributed by atoms with Crippen molar-refractivity contribution in [3.63, 3.8) is 0 Å². The first-order chi connectivity index (χ1) is 11.9. The van der Waals surface area contributed by atoms with Crippen LogP contribution in [0.15, 0.2) is 41.8 Å². The minimum absolute atomic E-state index is 0.0478. The van der Waals surface area contributed by atoms with Crippen LogP contribution in [0.25, 0.3) is 0 Å². The van der Waals surface area contributed by atoms with Crippen LogP contribution in [0, 0.1) is 24.2 Å². The molecule has 4 nitrogen and oxygen atoms in total. The standard InChI is InChI=1S/C20H25N3OS/c1-14(2)20(4,13-21)23-18(24)12-22-19(17-6-5-11-25-17)16-9-7-15(3)8-10-16/h5-11,14,19,22H,12H2,1-4H3,(H,23,24)/p+1/t19-,20-/m0/s1. The highest BCUT2D eigenvalue weighted by Crippen LogP contribution is 2.23. The first-order valence-corrected chi connectivity index (χ1v) is 9.39. The van der Waals surface area contributed by atoms with Crippen LogP contribution in [0.3, 0.4) is 0 Å². The number of benzene rings is 1. The lowest BCUT2D eigenvalue weighted by molar-refractivity contribution is -0.676. The van der Waals surface area contributed by atoms with Gasteiger partial charge in [0.2, 0.25) is 0 Å². The fourth-order valence-corrected chi connectivity index (χ4v) is 3.38. The van der Waals surface area contributed by atoms with E-state index in [1.54, 1.807) is 18.3 Å². The largest absolute Gasteiger partial charge is 0.333 e. The highest BCUT2D eigenvalue weighted by molar-refractivity contribution is 7.10. The normalized spacial score (nSPS) is 14.6. The van der Waals surface area contributed by atoms with Gasteiger partial charge in [-0.3, -0.25) is 4.79 Å². The number of hydrogen-bond acceptors (Lipinski definition) is 3. The second kappa shape index (κ2) is 8.28. The average molecular weight is 357 g/mol. The minimum atomic E-state index is -0.840. The number of quaternary nitrogens is 1. The number of nitriles is 1. The molecule has 1 aromatic carbocycles. The van der Waals surface area contributed by atoms with Crippen molar-refractivity contribution in [2.45, 2.75) is 39.3 Å².